The maximum atomic E-state index is 12.6. The summed E-state index contributed by atoms with van der Waals surface area (Å²) in [5, 5.41) is 3.08. The highest BCUT2D eigenvalue weighted by Gasteiger charge is 2.37. The molecule has 1 fully saturated rings. The third-order valence-corrected chi connectivity index (χ3v) is 4.97. The molecular weight excluding hydrogens is 326 g/mol. The van der Waals surface area contributed by atoms with Crippen LogP contribution in [0.25, 0.3) is 0 Å². The van der Waals surface area contributed by atoms with Crippen LogP contribution in [0.15, 0.2) is 24.3 Å². The largest absolute Gasteiger partial charge is 0.349 e. The molecule has 6 heteroatoms. The summed E-state index contributed by atoms with van der Waals surface area (Å²) in [4.78, 5) is 26.5. The van der Waals surface area contributed by atoms with E-state index in [9.17, 15) is 9.59 Å². The number of nitrogens with one attached hydrogen (secondary N) is 1. The maximum Gasteiger partial charge on any atom is 0.227 e. The number of carbonyl (C=O) groups excluding carboxylic acids is 2. The third-order valence-electron chi connectivity index (χ3n) is 4.97. The maximum absolute atomic E-state index is 12.6. The first-order valence-electron chi connectivity index (χ1n) is 8.33. The lowest BCUT2D eigenvalue weighted by Gasteiger charge is -2.32. The van der Waals surface area contributed by atoms with Crippen molar-refractivity contribution in [2.24, 2.45) is 11.7 Å². The second kappa shape index (κ2) is 8.49. The molecule has 134 valence electrons. The summed E-state index contributed by atoms with van der Waals surface area (Å²) in [7, 11) is 0. The number of amides is 2. The monoisotopic (exact) mass is 353 g/mol. The number of rotatable bonds is 6. The van der Waals surface area contributed by atoms with E-state index in [1.54, 1.807) is 4.90 Å². The number of halogens is 1. The summed E-state index contributed by atoms with van der Waals surface area (Å²) in [6, 6.07) is 7.80. The Labute approximate surface area is 150 Å². The number of aryl methyl sites for hydroxylation is 1. The smallest absolute Gasteiger partial charge is 0.227 e. The molecule has 1 heterocycles. The van der Waals surface area contributed by atoms with Crippen LogP contribution in [0.5, 0.6) is 0 Å². The standard InChI is InChI=1S/C18H27N3O2.ClH/c1-4-18(5-2,12-19)20-17(23)14-10-16(22)21(11-14)15-8-6-13(3)7-9-15;/h6-9,14H,4-5,10-12,19H2,1-3H3,(H,20,23);1H. The number of nitrogens with two attached hydrogens (primary N) is 1. The predicted molar refractivity (Wildman–Crippen MR) is 99.4 cm³/mol. The quantitative estimate of drug-likeness (QED) is 0.824. The lowest BCUT2D eigenvalue weighted by Crippen LogP contribution is -2.54. The number of nitrogens with zero attached hydrogens (tertiary/aromatic N) is 1. The minimum Gasteiger partial charge on any atom is -0.349 e. The van der Waals surface area contributed by atoms with E-state index in [0.29, 0.717) is 13.1 Å². The van der Waals surface area contributed by atoms with Gasteiger partial charge in [-0.15, -0.1) is 12.4 Å². The van der Waals surface area contributed by atoms with Crippen molar-refractivity contribution in [1.82, 2.24) is 5.32 Å². The fraction of sp³-hybridized carbons (Fsp3) is 0.556. The van der Waals surface area contributed by atoms with E-state index in [2.05, 4.69) is 5.32 Å². The van der Waals surface area contributed by atoms with E-state index in [4.69, 9.17) is 5.73 Å². The fourth-order valence-electron chi connectivity index (χ4n) is 2.99. The second-order valence-corrected chi connectivity index (χ2v) is 6.42. The van der Waals surface area contributed by atoms with Gasteiger partial charge in [0.05, 0.1) is 11.5 Å². The molecule has 0 aliphatic carbocycles. The van der Waals surface area contributed by atoms with Crippen LogP contribution in [0.1, 0.15) is 38.7 Å². The summed E-state index contributed by atoms with van der Waals surface area (Å²) in [5.74, 6) is -0.379. The highest BCUT2D eigenvalue weighted by atomic mass is 35.5. The van der Waals surface area contributed by atoms with Gasteiger partial charge in [0, 0.05) is 25.2 Å². The molecule has 0 spiro atoms. The zero-order chi connectivity index (χ0) is 17.0. The van der Waals surface area contributed by atoms with Gasteiger partial charge in [0.25, 0.3) is 0 Å². The molecule has 3 N–H and O–H groups in total. The first kappa shape index (κ1) is 20.5. The zero-order valence-electron chi connectivity index (χ0n) is 14.7. The minimum absolute atomic E-state index is 0. The highest BCUT2D eigenvalue weighted by molar-refractivity contribution is 6.00. The normalized spacial score (nSPS) is 17.6. The van der Waals surface area contributed by atoms with Gasteiger partial charge in [-0.05, 0) is 31.9 Å². The van der Waals surface area contributed by atoms with Crippen molar-refractivity contribution in [1.29, 1.82) is 0 Å². The number of carbonyl (C=O) groups is 2. The van der Waals surface area contributed by atoms with Crippen molar-refractivity contribution in [3.63, 3.8) is 0 Å². The van der Waals surface area contributed by atoms with Crippen molar-refractivity contribution < 1.29 is 9.59 Å². The molecule has 1 aromatic rings. The molecule has 1 unspecified atom stereocenters. The van der Waals surface area contributed by atoms with Crippen molar-refractivity contribution in [3.8, 4) is 0 Å². The first-order chi connectivity index (χ1) is 10.9. The highest BCUT2D eigenvalue weighted by Crippen LogP contribution is 2.26. The molecule has 1 saturated heterocycles. The summed E-state index contributed by atoms with van der Waals surface area (Å²) >= 11 is 0. The van der Waals surface area contributed by atoms with Gasteiger partial charge in [-0.1, -0.05) is 31.5 Å². The van der Waals surface area contributed by atoms with E-state index in [1.807, 2.05) is 45.0 Å². The Bertz CT molecular complexity index is 562. The lowest BCUT2D eigenvalue weighted by molar-refractivity contribution is -0.128. The molecule has 0 saturated carbocycles. The van der Waals surface area contributed by atoms with Crippen LogP contribution in [-0.2, 0) is 9.59 Å². The van der Waals surface area contributed by atoms with Gasteiger partial charge in [-0.25, -0.2) is 0 Å². The summed E-state index contributed by atoms with van der Waals surface area (Å²) in [6.45, 7) is 6.90. The first-order valence-corrected chi connectivity index (χ1v) is 8.33. The topological polar surface area (TPSA) is 75.4 Å². The third kappa shape index (κ3) is 4.28. The van der Waals surface area contributed by atoms with Crippen LogP contribution in [0.3, 0.4) is 0 Å². The van der Waals surface area contributed by atoms with Crippen LogP contribution < -0.4 is 16.0 Å². The number of anilines is 1. The molecule has 1 aromatic carbocycles. The Kier molecular flexibility index (Phi) is 7.24. The molecule has 2 amide bonds. The van der Waals surface area contributed by atoms with Gasteiger partial charge in [0.15, 0.2) is 0 Å². The predicted octanol–water partition coefficient (Wildman–Crippen LogP) is 2.40. The van der Waals surface area contributed by atoms with Crippen molar-refractivity contribution in [2.45, 2.75) is 45.6 Å². The average Bonchev–Trinajstić information content (AvgIpc) is 2.95. The number of hydrogen-bond acceptors (Lipinski definition) is 3. The van der Waals surface area contributed by atoms with E-state index < -0.39 is 0 Å². The zero-order valence-corrected chi connectivity index (χ0v) is 15.5. The summed E-state index contributed by atoms with van der Waals surface area (Å²) in [6.07, 6.45) is 1.83. The Balaban J connectivity index is 0.00000288. The van der Waals surface area contributed by atoms with Gasteiger partial charge < -0.3 is 16.0 Å². The molecule has 0 radical (unpaired) electrons. The van der Waals surface area contributed by atoms with E-state index in [0.717, 1.165) is 24.1 Å². The van der Waals surface area contributed by atoms with Gasteiger partial charge in [-0.3, -0.25) is 9.59 Å². The molecule has 1 aliphatic rings. The Morgan fingerprint density at radius 2 is 1.88 bits per heavy atom. The van der Waals surface area contributed by atoms with Crippen LogP contribution in [-0.4, -0.2) is 30.4 Å². The Morgan fingerprint density at radius 1 is 1.29 bits per heavy atom. The number of hydrogen-bond donors (Lipinski definition) is 2. The number of benzene rings is 1. The fourth-order valence-corrected chi connectivity index (χ4v) is 2.99. The molecule has 5 nitrogen and oxygen atoms in total. The van der Waals surface area contributed by atoms with Gasteiger partial charge >= 0.3 is 0 Å². The Morgan fingerprint density at radius 3 is 2.38 bits per heavy atom. The summed E-state index contributed by atoms with van der Waals surface area (Å²) in [5.41, 5.74) is 7.48. The van der Waals surface area contributed by atoms with E-state index in [1.165, 1.54) is 0 Å². The SMILES string of the molecule is CCC(CC)(CN)NC(=O)C1CC(=O)N(c2ccc(C)cc2)C1.Cl. The molecule has 2 rings (SSSR count). The second-order valence-electron chi connectivity index (χ2n) is 6.42. The van der Waals surface area contributed by atoms with Gasteiger partial charge in [0.1, 0.15) is 0 Å². The summed E-state index contributed by atoms with van der Waals surface area (Å²) < 4.78 is 0. The van der Waals surface area contributed by atoms with Crippen molar-refractivity contribution in [3.05, 3.63) is 29.8 Å². The molecule has 1 aliphatic heterocycles. The average molecular weight is 354 g/mol. The van der Waals surface area contributed by atoms with Gasteiger partial charge in [-0.2, -0.15) is 0 Å². The van der Waals surface area contributed by atoms with Crippen LogP contribution in [0.2, 0.25) is 0 Å². The van der Waals surface area contributed by atoms with Crippen LogP contribution in [0, 0.1) is 12.8 Å². The lowest BCUT2D eigenvalue weighted by atomic mass is 9.91. The molecule has 1 atom stereocenters. The van der Waals surface area contributed by atoms with Gasteiger partial charge in [0.2, 0.25) is 11.8 Å². The van der Waals surface area contributed by atoms with Crippen LogP contribution >= 0.6 is 12.4 Å². The molecule has 24 heavy (non-hydrogen) atoms. The molecule has 0 aromatic heterocycles. The van der Waals surface area contributed by atoms with E-state index in [-0.39, 0.29) is 42.1 Å². The molecular formula is C18H28ClN3O2. The van der Waals surface area contributed by atoms with Crippen molar-refractivity contribution in [2.75, 3.05) is 18.0 Å². The molecule has 0 bridgehead atoms. The van der Waals surface area contributed by atoms with E-state index >= 15 is 0 Å². The Hall–Kier alpha value is -1.59. The van der Waals surface area contributed by atoms with Crippen molar-refractivity contribution >= 4 is 29.9 Å². The van der Waals surface area contributed by atoms with Crippen LogP contribution in [0.4, 0.5) is 5.69 Å². The minimum atomic E-state index is -0.364.